The third-order valence-electron chi connectivity index (χ3n) is 2.40. The highest BCUT2D eigenvalue weighted by molar-refractivity contribution is 5.94. The molecule has 0 atom stereocenters. The molecular weight excluding hydrogens is 198 g/mol. The molecule has 0 spiro atoms. The van der Waals surface area contributed by atoms with Crippen LogP contribution in [-0.4, -0.2) is 11.4 Å². The van der Waals surface area contributed by atoms with Gasteiger partial charge < -0.3 is 4.90 Å². The molecule has 2 heteroatoms. The normalized spacial score (nSPS) is 11.2. The largest absolute Gasteiger partial charge is 0.307 e. The van der Waals surface area contributed by atoms with Crippen LogP contribution in [0.5, 0.6) is 0 Å². The molecule has 88 valence electrons. The number of amides is 1. The van der Waals surface area contributed by atoms with Gasteiger partial charge in [0.05, 0.1) is 0 Å². The first kappa shape index (κ1) is 12.8. The summed E-state index contributed by atoms with van der Waals surface area (Å²) in [5.41, 5.74) is 0.807. The van der Waals surface area contributed by atoms with Gasteiger partial charge in [0.1, 0.15) is 0 Å². The topological polar surface area (TPSA) is 20.3 Å². The lowest BCUT2D eigenvalue weighted by atomic mass is 10.0. The Morgan fingerprint density at radius 3 is 2.19 bits per heavy atom. The van der Waals surface area contributed by atoms with E-state index in [1.54, 1.807) is 0 Å². The van der Waals surface area contributed by atoms with Crippen LogP contribution in [-0.2, 0) is 4.79 Å². The van der Waals surface area contributed by atoms with E-state index in [4.69, 9.17) is 0 Å². The van der Waals surface area contributed by atoms with E-state index in [1.807, 2.05) is 42.2 Å². The first-order chi connectivity index (χ1) is 7.46. The van der Waals surface area contributed by atoms with E-state index in [1.165, 1.54) is 0 Å². The van der Waals surface area contributed by atoms with Crippen LogP contribution in [0.25, 0.3) is 0 Å². The quantitative estimate of drug-likeness (QED) is 0.760. The van der Waals surface area contributed by atoms with Gasteiger partial charge in [0, 0.05) is 17.6 Å². The number of hydrogen-bond donors (Lipinski definition) is 0. The molecule has 0 radical (unpaired) electrons. The number of carbonyl (C=O) groups is 1. The summed E-state index contributed by atoms with van der Waals surface area (Å²) in [6, 6.07) is 9.87. The Labute approximate surface area is 98.3 Å². The highest BCUT2D eigenvalue weighted by atomic mass is 16.2. The second kappa shape index (κ2) is 5.15. The van der Waals surface area contributed by atoms with Gasteiger partial charge in [0.15, 0.2) is 0 Å². The first-order valence-corrected chi connectivity index (χ1v) is 5.85. The van der Waals surface area contributed by atoms with E-state index in [-0.39, 0.29) is 11.4 Å². The second-order valence-corrected chi connectivity index (χ2v) is 4.99. The van der Waals surface area contributed by atoms with Crippen molar-refractivity contribution in [3.05, 3.63) is 30.3 Å². The molecule has 0 bridgehead atoms. The lowest BCUT2D eigenvalue weighted by Crippen LogP contribution is -2.45. The molecule has 0 saturated heterocycles. The van der Waals surface area contributed by atoms with E-state index in [9.17, 15) is 4.79 Å². The van der Waals surface area contributed by atoms with Crippen LogP contribution in [0.1, 0.15) is 40.5 Å². The molecule has 1 amide bonds. The minimum absolute atomic E-state index is 0.173. The fourth-order valence-electron chi connectivity index (χ4n) is 1.81. The molecule has 1 aromatic carbocycles. The van der Waals surface area contributed by atoms with E-state index < -0.39 is 0 Å². The monoisotopic (exact) mass is 219 g/mol. The average molecular weight is 219 g/mol. The van der Waals surface area contributed by atoms with Gasteiger partial charge in [-0.15, -0.1) is 0 Å². The predicted molar refractivity (Wildman–Crippen MR) is 68.6 cm³/mol. The van der Waals surface area contributed by atoms with Crippen molar-refractivity contribution in [2.75, 3.05) is 4.90 Å². The third kappa shape index (κ3) is 3.09. The van der Waals surface area contributed by atoms with Crippen molar-refractivity contribution >= 4 is 11.6 Å². The predicted octanol–water partition coefficient (Wildman–Crippen LogP) is 3.62. The van der Waals surface area contributed by atoms with Gasteiger partial charge in [-0.05, 0) is 39.3 Å². The van der Waals surface area contributed by atoms with Crippen LogP contribution >= 0.6 is 0 Å². The number of nitrogens with zero attached hydrogens (tertiary/aromatic N) is 1. The van der Waals surface area contributed by atoms with Crippen molar-refractivity contribution in [1.29, 1.82) is 0 Å². The summed E-state index contributed by atoms with van der Waals surface area (Å²) < 4.78 is 0. The Morgan fingerprint density at radius 1 is 1.19 bits per heavy atom. The number of carbonyl (C=O) groups excluding carboxylic acids is 1. The average Bonchev–Trinajstić information content (AvgIpc) is 2.17. The van der Waals surface area contributed by atoms with Crippen molar-refractivity contribution < 1.29 is 4.79 Å². The fourth-order valence-corrected chi connectivity index (χ4v) is 1.81. The molecule has 2 nitrogen and oxygen atoms in total. The molecule has 0 aliphatic heterocycles. The number of para-hydroxylation sites is 1. The molecule has 1 rings (SSSR count). The maximum Gasteiger partial charge on any atom is 0.227 e. The maximum atomic E-state index is 12.1. The number of anilines is 1. The van der Waals surface area contributed by atoms with E-state index in [2.05, 4.69) is 20.8 Å². The first-order valence-electron chi connectivity index (χ1n) is 5.85. The molecule has 0 aliphatic carbocycles. The van der Waals surface area contributed by atoms with E-state index >= 15 is 0 Å². The molecular formula is C14H21NO. The summed E-state index contributed by atoms with van der Waals surface area (Å²) in [6.45, 7) is 8.22. The molecule has 16 heavy (non-hydrogen) atoms. The fraction of sp³-hybridized carbons (Fsp3) is 0.500. The zero-order valence-corrected chi connectivity index (χ0v) is 10.7. The Morgan fingerprint density at radius 2 is 1.75 bits per heavy atom. The van der Waals surface area contributed by atoms with Crippen molar-refractivity contribution in [2.24, 2.45) is 0 Å². The molecule has 0 aromatic heterocycles. The van der Waals surface area contributed by atoms with E-state index in [0.29, 0.717) is 6.42 Å². The zero-order valence-electron chi connectivity index (χ0n) is 10.7. The van der Waals surface area contributed by atoms with Crippen molar-refractivity contribution in [2.45, 2.75) is 46.1 Å². The summed E-state index contributed by atoms with van der Waals surface area (Å²) in [4.78, 5) is 14.0. The van der Waals surface area contributed by atoms with Crippen LogP contribution in [0.2, 0.25) is 0 Å². The number of hydrogen-bond acceptors (Lipinski definition) is 1. The standard InChI is InChI=1S/C14H21NO/c1-5-9-13(16)15(14(2,3)4)12-10-7-6-8-11-12/h6-8,10-11H,5,9H2,1-4H3. The molecule has 0 N–H and O–H groups in total. The number of benzene rings is 1. The Bertz CT molecular complexity index is 338. The van der Waals surface area contributed by atoms with Gasteiger partial charge in [0.2, 0.25) is 5.91 Å². The smallest absolute Gasteiger partial charge is 0.227 e. The van der Waals surface area contributed by atoms with Crippen LogP contribution in [0.15, 0.2) is 30.3 Å². The Balaban J connectivity index is 3.02. The van der Waals surface area contributed by atoms with Gasteiger partial charge in [-0.25, -0.2) is 0 Å². The maximum absolute atomic E-state index is 12.1. The minimum Gasteiger partial charge on any atom is -0.307 e. The minimum atomic E-state index is -0.173. The third-order valence-corrected chi connectivity index (χ3v) is 2.40. The van der Waals surface area contributed by atoms with Crippen molar-refractivity contribution in [3.63, 3.8) is 0 Å². The molecule has 0 fully saturated rings. The lowest BCUT2D eigenvalue weighted by molar-refractivity contribution is -0.119. The molecule has 0 aliphatic rings. The summed E-state index contributed by atoms with van der Waals surface area (Å²) in [5.74, 6) is 0.196. The molecule has 1 aromatic rings. The SMILES string of the molecule is CCCC(=O)N(c1ccccc1)C(C)(C)C. The van der Waals surface area contributed by atoms with Gasteiger partial charge in [0.25, 0.3) is 0 Å². The molecule has 0 unspecified atom stereocenters. The van der Waals surface area contributed by atoms with Crippen LogP contribution in [0.4, 0.5) is 5.69 Å². The highest BCUT2D eigenvalue weighted by Gasteiger charge is 2.26. The van der Waals surface area contributed by atoms with Crippen molar-refractivity contribution in [1.82, 2.24) is 0 Å². The molecule has 0 saturated carbocycles. The summed E-state index contributed by atoms with van der Waals surface area (Å²) in [5, 5.41) is 0. The van der Waals surface area contributed by atoms with E-state index in [0.717, 1.165) is 12.1 Å². The van der Waals surface area contributed by atoms with Crippen molar-refractivity contribution in [3.8, 4) is 0 Å². The van der Waals surface area contributed by atoms with Gasteiger partial charge in [-0.3, -0.25) is 4.79 Å². The second-order valence-electron chi connectivity index (χ2n) is 4.99. The number of rotatable bonds is 3. The lowest BCUT2D eigenvalue weighted by Gasteiger charge is -2.35. The zero-order chi connectivity index (χ0) is 12.2. The van der Waals surface area contributed by atoms with Crippen LogP contribution in [0.3, 0.4) is 0 Å². The Hall–Kier alpha value is -1.31. The summed E-state index contributed by atoms with van der Waals surface area (Å²) >= 11 is 0. The van der Waals surface area contributed by atoms with Crippen LogP contribution < -0.4 is 4.90 Å². The van der Waals surface area contributed by atoms with Gasteiger partial charge >= 0.3 is 0 Å². The highest BCUT2D eigenvalue weighted by Crippen LogP contribution is 2.24. The summed E-state index contributed by atoms with van der Waals surface area (Å²) in [7, 11) is 0. The Kier molecular flexibility index (Phi) is 4.11. The van der Waals surface area contributed by atoms with Gasteiger partial charge in [-0.2, -0.15) is 0 Å². The van der Waals surface area contributed by atoms with Gasteiger partial charge in [-0.1, -0.05) is 25.1 Å². The van der Waals surface area contributed by atoms with Crippen LogP contribution in [0, 0.1) is 0 Å². The molecule has 0 heterocycles. The summed E-state index contributed by atoms with van der Waals surface area (Å²) in [6.07, 6.45) is 1.49.